The smallest absolute Gasteiger partial charge is 0.251 e. The number of anilines is 1. The van der Waals surface area contributed by atoms with Crippen molar-refractivity contribution in [2.45, 2.75) is 19.9 Å². The van der Waals surface area contributed by atoms with E-state index in [9.17, 15) is 9.59 Å². The molecule has 0 spiro atoms. The van der Waals surface area contributed by atoms with Crippen molar-refractivity contribution in [1.82, 2.24) is 5.32 Å². The van der Waals surface area contributed by atoms with Crippen LogP contribution in [0.4, 0.5) is 5.69 Å². The predicted molar refractivity (Wildman–Crippen MR) is 77.7 cm³/mol. The molecule has 0 radical (unpaired) electrons. The normalized spacial score (nSPS) is 11.8. The van der Waals surface area contributed by atoms with E-state index in [1.807, 2.05) is 0 Å². The number of hydrogen-bond acceptors (Lipinski definition) is 4. The summed E-state index contributed by atoms with van der Waals surface area (Å²) in [5, 5.41) is 5.45. The standard InChI is InChI=1S/C14H21N3O3/c1-9-11(14(19)16-7-8-20-3)5-4-6-12(9)17-13(18)10(2)15/h4-6,10H,7-8,15H2,1-3H3,(H,16,19)(H,17,18)/t10-/m1/s1. The molecule has 1 atom stereocenters. The Kier molecular flexibility index (Phi) is 6.14. The SMILES string of the molecule is COCCNC(=O)c1cccc(NC(=O)[C@@H](C)N)c1C. The lowest BCUT2D eigenvalue weighted by molar-refractivity contribution is -0.117. The van der Waals surface area contributed by atoms with E-state index in [4.69, 9.17) is 10.5 Å². The Labute approximate surface area is 118 Å². The van der Waals surface area contributed by atoms with E-state index in [-0.39, 0.29) is 11.8 Å². The molecular formula is C14H21N3O3. The number of nitrogens with one attached hydrogen (secondary N) is 2. The molecule has 6 nitrogen and oxygen atoms in total. The van der Waals surface area contributed by atoms with Crippen LogP contribution in [0.1, 0.15) is 22.8 Å². The van der Waals surface area contributed by atoms with E-state index >= 15 is 0 Å². The zero-order valence-electron chi connectivity index (χ0n) is 12.0. The van der Waals surface area contributed by atoms with Crippen molar-refractivity contribution in [2.75, 3.05) is 25.6 Å². The fourth-order valence-electron chi connectivity index (χ4n) is 1.63. The number of benzene rings is 1. The number of hydrogen-bond donors (Lipinski definition) is 3. The highest BCUT2D eigenvalue weighted by Crippen LogP contribution is 2.19. The Morgan fingerprint density at radius 3 is 2.70 bits per heavy atom. The van der Waals surface area contributed by atoms with Gasteiger partial charge in [-0.05, 0) is 31.5 Å². The maximum atomic E-state index is 12.0. The minimum Gasteiger partial charge on any atom is -0.383 e. The summed E-state index contributed by atoms with van der Waals surface area (Å²) in [5.41, 5.74) is 7.32. The van der Waals surface area contributed by atoms with Crippen LogP contribution >= 0.6 is 0 Å². The molecule has 4 N–H and O–H groups in total. The summed E-state index contributed by atoms with van der Waals surface area (Å²) in [7, 11) is 1.57. The molecule has 1 rings (SSSR count). The zero-order chi connectivity index (χ0) is 15.1. The second kappa shape index (κ2) is 7.62. The van der Waals surface area contributed by atoms with Gasteiger partial charge in [0.05, 0.1) is 12.6 Å². The molecule has 0 fully saturated rings. The molecule has 1 aromatic rings. The van der Waals surface area contributed by atoms with Gasteiger partial charge in [0.2, 0.25) is 5.91 Å². The van der Waals surface area contributed by atoms with E-state index in [1.54, 1.807) is 39.2 Å². The average Bonchev–Trinajstić information content (AvgIpc) is 2.41. The molecule has 20 heavy (non-hydrogen) atoms. The Hall–Kier alpha value is -1.92. The summed E-state index contributed by atoms with van der Waals surface area (Å²) in [6, 6.07) is 4.56. The molecule has 6 heteroatoms. The van der Waals surface area contributed by atoms with E-state index < -0.39 is 6.04 Å². The van der Waals surface area contributed by atoms with Crippen molar-refractivity contribution in [3.63, 3.8) is 0 Å². The maximum Gasteiger partial charge on any atom is 0.251 e. The van der Waals surface area contributed by atoms with Gasteiger partial charge in [-0.15, -0.1) is 0 Å². The lowest BCUT2D eigenvalue weighted by atomic mass is 10.1. The van der Waals surface area contributed by atoms with Gasteiger partial charge >= 0.3 is 0 Å². The van der Waals surface area contributed by atoms with Gasteiger partial charge in [-0.1, -0.05) is 6.07 Å². The minimum absolute atomic E-state index is 0.198. The highest BCUT2D eigenvalue weighted by molar-refractivity contribution is 6.00. The van der Waals surface area contributed by atoms with Crippen LogP contribution in [0.5, 0.6) is 0 Å². The molecule has 0 heterocycles. The second-order valence-corrected chi connectivity index (χ2v) is 4.50. The van der Waals surface area contributed by atoms with Gasteiger partial charge in [0.25, 0.3) is 5.91 Å². The molecule has 0 unspecified atom stereocenters. The number of ether oxygens (including phenoxy) is 1. The molecule has 2 amide bonds. The minimum atomic E-state index is -0.603. The Bertz CT molecular complexity index is 487. The van der Waals surface area contributed by atoms with Crippen molar-refractivity contribution >= 4 is 17.5 Å². The lowest BCUT2D eigenvalue weighted by Gasteiger charge is -2.13. The summed E-state index contributed by atoms with van der Waals surface area (Å²) >= 11 is 0. The van der Waals surface area contributed by atoms with Crippen LogP contribution < -0.4 is 16.4 Å². The summed E-state index contributed by atoms with van der Waals surface area (Å²) in [5.74, 6) is -0.485. The second-order valence-electron chi connectivity index (χ2n) is 4.50. The number of methoxy groups -OCH3 is 1. The number of carbonyl (C=O) groups excluding carboxylic acids is 2. The van der Waals surface area contributed by atoms with E-state index in [1.165, 1.54) is 0 Å². The van der Waals surface area contributed by atoms with Gasteiger partial charge in [-0.3, -0.25) is 9.59 Å². The molecule has 0 saturated carbocycles. The first-order valence-corrected chi connectivity index (χ1v) is 6.40. The third-order valence-electron chi connectivity index (χ3n) is 2.84. The number of nitrogens with two attached hydrogens (primary N) is 1. The van der Waals surface area contributed by atoms with Crippen molar-refractivity contribution in [2.24, 2.45) is 5.73 Å². The van der Waals surface area contributed by atoms with E-state index in [0.29, 0.717) is 30.0 Å². The van der Waals surface area contributed by atoms with Gasteiger partial charge in [0.1, 0.15) is 0 Å². The first-order chi connectivity index (χ1) is 9.47. The van der Waals surface area contributed by atoms with Crippen molar-refractivity contribution in [3.05, 3.63) is 29.3 Å². The first-order valence-electron chi connectivity index (χ1n) is 6.40. The first kappa shape index (κ1) is 16.1. The fourth-order valence-corrected chi connectivity index (χ4v) is 1.63. The van der Waals surface area contributed by atoms with Crippen LogP contribution in [-0.2, 0) is 9.53 Å². The van der Waals surface area contributed by atoms with Crippen molar-refractivity contribution < 1.29 is 14.3 Å². The molecule has 0 saturated heterocycles. The van der Waals surface area contributed by atoms with Gasteiger partial charge < -0.3 is 21.1 Å². The van der Waals surface area contributed by atoms with Gasteiger partial charge in [0.15, 0.2) is 0 Å². The monoisotopic (exact) mass is 279 g/mol. The topological polar surface area (TPSA) is 93.5 Å². The number of carbonyl (C=O) groups is 2. The van der Waals surface area contributed by atoms with Gasteiger partial charge in [0, 0.05) is 24.9 Å². The quantitative estimate of drug-likeness (QED) is 0.667. The molecule has 0 aliphatic heterocycles. The maximum absolute atomic E-state index is 12.0. The van der Waals surface area contributed by atoms with E-state index in [2.05, 4.69) is 10.6 Å². The van der Waals surface area contributed by atoms with Crippen LogP contribution in [0.15, 0.2) is 18.2 Å². The Balaban J connectivity index is 2.84. The third kappa shape index (κ3) is 4.32. The van der Waals surface area contributed by atoms with Gasteiger partial charge in [-0.25, -0.2) is 0 Å². The molecule has 0 aromatic heterocycles. The Morgan fingerprint density at radius 2 is 2.10 bits per heavy atom. The molecule has 0 bridgehead atoms. The lowest BCUT2D eigenvalue weighted by Crippen LogP contribution is -2.33. The van der Waals surface area contributed by atoms with E-state index in [0.717, 1.165) is 0 Å². The van der Waals surface area contributed by atoms with Crippen molar-refractivity contribution in [3.8, 4) is 0 Å². The third-order valence-corrected chi connectivity index (χ3v) is 2.84. The van der Waals surface area contributed by atoms with Crippen molar-refractivity contribution in [1.29, 1.82) is 0 Å². The highest BCUT2D eigenvalue weighted by atomic mass is 16.5. The number of rotatable bonds is 6. The highest BCUT2D eigenvalue weighted by Gasteiger charge is 2.14. The zero-order valence-corrected chi connectivity index (χ0v) is 12.0. The largest absolute Gasteiger partial charge is 0.383 e. The average molecular weight is 279 g/mol. The molecule has 0 aliphatic rings. The summed E-state index contributed by atoms with van der Waals surface area (Å²) < 4.78 is 4.88. The van der Waals surface area contributed by atoms with Crippen LogP contribution in [0.2, 0.25) is 0 Å². The predicted octanol–water partition coefficient (Wildman–Crippen LogP) is 0.657. The summed E-state index contributed by atoms with van der Waals surface area (Å²) in [6.07, 6.45) is 0. The molecule has 110 valence electrons. The molecular weight excluding hydrogens is 258 g/mol. The van der Waals surface area contributed by atoms with Crippen LogP contribution in [0, 0.1) is 6.92 Å². The molecule has 0 aliphatic carbocycles. The summed E-state index contributed by atoms with van der Waals surface area (Å²) in [4.78, 5) is 23.6. The van der Waals surface area contributed by atoms with Crippen LogP contribution in [0.3, 0.4) is 0 Å². The fraction of sp³-hybridized carbons (Fsp3) is 0.429. The number of amides is 2. The molecule has 1 aromatic carbocycles. The van der Waals surface area contributed by atoms with Crippen LogP contribution in [0.25, 0.3) is 0 Å². The van der Waals surface area contributed by atoms with Crippen LogP contribution in [-0.4, -0.2) is 38.1 Å². The summed E-state index contributed by atoms with van der Waals surface area (Å²) in [6.45, 7) is 4.27. The van der Waals surface area contributed by atoms with Gasteiger partial charge in [-0.2, -0.15) is 0 Å². The Morgan fingerprint density at radius 1 is 1.40 bits per heavy atom.